The van der Waals surface area contributed by atoms with Gasteiger partial charge >= 0.3 is 0 Å². The highest BCUT2D eigenvalue weighted by Crippen LogP contribution is 2.25. The summed E-state index contributed by atoms with van der Waals surface area (Å²) in [7, 11) is 2.01. The molecule has 1 saturated carbocycles. The van der Waals surface area contributed by atoms with Crippen molar-refractivity contribution in [3.63, 3.8) is 0 Å². The summed E-state index contributed by atoms with van der Waals surface area (Å²) in [4.78, 5) is 4.34. The molecule has 0 saturated heterocycles. The van der Waals surface area contributed by atoms with E-state index in [2.05, 4.69) is 26.2 Å². The molecule has 2 unspecified atom stereocenters. The average Bonchev–Trinajstić information content (AvgIpc) is 2.33. The number of halogens is 1. The van der Waals surface area contributed by atoms with E-state index in [1.165, 1.54) is 19.3 Å². The highest BCUT2D eigenvalue weighted by molar-refractivity contribution is 9.10. The predicted molar refractivity (Wildman–Crippen MR) is 72.4 cm³/mol. The van der Waals surface area contributed by atoms with Gasteiger partial charge in [0.2, 0.25) is 5.88 Å². The van der Waals surface area contributed by atoms with Crippen LogP contribution in [0.5, 0.6) is 5.88 Å². The fraction of sp³-hybridized carbons (Fsp3) is 0.615. The van der Waals surface area contributed by atoms with E-state index in [4.69, 9.17) is 4.74 Å². The van der Waals surface area contributed by atoms with Gasteiger partial charge in [-0.15, -0.1) is 0 Å². The summed E-state index contributed by atoms with van der Waals surface area (Å²) in [6, 6.07) is 2.49. The molecule has 0 bridgehead atoms. The van der Waals surface area contributed by atoms with Crippen LogP contribution in [0.25, 0.3) is 0 Å². The Hall–Kier alpha value is -0.610. The largest absolute Gasteiger partial charge is 0.473 e. The van der Waals surface area contributed by atoms with Crippen LogP contribution >= 0.6 is 15.9 Å². The van der Waals surface area contributed by atoms with Crippen LogP contribution in [0.3, 0.4) is 0 Å². The number of nitrogens with zero attached hydrogens (tertiary/aromatic N) is 1. The lowest BCUT2D eigenvalue weighted by Gasteiger charge is -2.31. The number of ether oxygens (including phenoxy) is 1. The zero-order valence-corrected chi connectivity index (χ0v) is 12.0. The Balaban J connectivity index is 2.08. The third-order valence-electron chi connectivity index (χ3n) is 3.33. The molecule has 1 heterocycles. The lowest BCUT2D eigenvalue weighted by atomic mass is 9.92. The quantitative estimate of drug-likeness (QED) is 0.931. The highest BCUT2D eigenvalue weighted by Gasteiger charge is 2.26. The normalized spacial score (nSPS) is 24.6. The molecule has 0 amide bonds. The molecule has 94 valence electrons. The number of aromatic nitrogens is 1. The molecule has 17 heavy (non-hydrogen) atoms. The number of hydrogen-bond acceptors (Lipinski definition) is 3. The molecule has 2 rings (SSSR count). The first-order valence-electron chi connectivity index (χ1n) is 6.17. The zero-order valence-electron chi connectivity index (χ0n) is 10.4. The molecule has 1 aromatic rings. The maximum atomic E-state index is 6.05. The average molecular weight is 299 g/mol. The summed E-state index contributed by atoms with van der Waals surface area (Å²) in [5.41, 5.74) is 1.08. The Labute approximate surface area is 111 Å². The minimum absolute atomic E-state index is 0.251. The summed E-state index contributed by atoms with van der Waals surface area (Å²) < 4.78 is 7.05. The number of likely N-dealkylation sites (N-methyl/N-ethyl adjacent to an activating group) is 1. The standard InChI is InChI=1S/C13H19BrN2O/c1-9-7-10(14)8-16-13(9)17-12-6-4-3-5-11(12)15-2/h7-8,11-12,15H,3-6H2,1-2H3. The van der Waals surface area contributed by atoms with Crippen LogP contribution in [0.2, 0.25) is 0 Å². The van der Waals surface area contributed by atoms with Crippen molar-refractivity contribution in [2.45, 2.75) is 44.8 Å². The number of rotatable bonds is 3. The van der Waals surface area contributed by atoms with E-state index in [0.717, 1.165) is 22.3 Å². The summed E-state index contributed by atoms with van der Waals surface area (Å²) >= 11 is 3.42. The van der Waals surface area contributed by atoms with Gasteiger partial charge in [-0.3, -0.25) is 0 Å². The second kappa shape index (κ2) is 5.83. The molecule has 0 spiro atoms. The molecule has 2 atom stereocenters. The molecule has 0 aliphatic heterocycles. The minimum Gasteiger partial charge on any atom is -0.473 e. The lowest BCUT2D eigenvalue weighted by molar-refractivity contribution is 0.112. The third-order valence-corrected chi connectivity index (χ3v) is 3.77. The first kappa shape index (κ1) is 12.8. The van der Waals surface area contributed by atoms with Gasteiger partial charge in [0.15, 0.2) is 0 Å². The van der Waals surface area contributed by atoms with Crippen LogP contribution in [-0.2, 0) is 0 Å². The first-order valence-corrected chi connectivity index (χ1v) is 6.96. The Kier molecular flexibility index (Phi) is 4.40. The molecular formula is C13H19BrN2O. The molecule has 1 aromatic heterocycles. The second-order valence-corrected chi connectivity index (χ2v) is 5.53. The van der Waals surface area contributed by atoms with Crippen LogP contribution in [0, 0.1) is 6.92 Å². The van der Waals surface area contributed by atoms with Gasteiger partial charge in [0.1, 0.15) is 6.10 Å². The molecule has 3 nitrogen and oxygen atoms in total. The molecule has 1 aliphatic carbocycles. The van der Waals surface area contributed by atoms with Crippen molar-refractivity contribution in [2.24, 2.45) is 0 Å². The van der Waals surface area contributed by atoms with E-state index in [-0.39, 0.29) is 6.10 Å². The lowest BCUT2D eigenvalue weighted by Crippen LogP contribution is -2.43. The minimum atomic E-state index is 0.251. The van der Waals surface area contributed by atoms with Gasteiger partial charge in [0, 0.05) is 22.3 Å². The van der Waals surface area contributed by atoms with Gasteiger partial charge in [-0.05, 0) is 55.2 Å². The number of aryl methyl sites for hydroxylation is 1. The van der Waals surface area contributed by atoms with Crippen LogP contribution in [0.1, 0.15) is 31.2 Å². The Morgan fingerprint density at radius 1 is 1.41 bits per heavy atom. The van der Waals surface area contributed by atoms with Crippen molar-refractivity contribution in [2.75, 3.05) is 7.05 Å². The molecule has 4 heteroatoms. The van der Waals surface area contributed by atoms with Gasteiger partial charge in [-0.1, -0.05) is 6.42 Å². The fourth-order valence-corrected chi connectivity index (χ4v) is 2.81. The van der Waals surface area contributed by atoms with E-state index < -0.39 is 0 Å². The SMILES string of the molecule is CNC1CCCCC1Oc1ncc(Br)cc1C. The van der Waals surface area contributed by atoms with E-state index in [1.54, 1.807) is 6.20 Å². The van der Waals surface area contributed by atoms with Gasteiger partial charge in [-0.2, -0.15) is 0 Å². The van der Waals surface area contributed by atoms with Gasteiger partial charge in [0.25, 0.3) is 0 Å². The van der Waals surface area contributed by atoms with Crippen molar-refractivity contribution in [3.05, 3.63) is 22.3 Å². The van der Waals surface area contributed by atoms with Crippen molar-refractivity contribution in [1.82, 2.24) is 10.3 Å². The van der Waals surface area contributed by atoms with Crippen molar-refractivity contribution in [1.29, 1.82) is 0 Å². The van der Waals surface area contributed by atoms with Crippen LogP contribution < -0.4 is 10.1 Å². The van der Waals surface area contributed by atoms with Crippen molar-refractivity contribution in [3.8, 4) is 5.88 Å². The van der Waals surface area contributed by atoms with Crippen LogP contribution in [-0.4, -0.2) is 24.2 Å². The van der Waals surface area contributed by atoms with E-state index in [1.807, 2.05) is 20.0 Å². The molecule has 1 N–H and O–H groups in total. The summed E-state index contributed by atoms with van der Waals surface area (Å²) in [6.07, 6.45) is 6.89. The predicted octanol–water partition coefficient (Wildman–Crippen LogP) is 3.06. The first-order chi connectivity index (χ1) is 8.20. The smallest absolute Gasteiger partial charge is 0.216 e. The Bertz CT molecular complexity index is 384. The van der Waals surface area contributed by atoms with Crippen LogP contribution in [0.4, 0.5) is 0 Å². The second-order valence-electron chi connectivity index (χ2n) is 4.61. The summed E-state index contributed by atoms with van der Waals surface area (Å²) in [5, 5.41) is 3.34. The van der Waals surface area contributed by atoms with E-state index in [0.29, 0.717) is 6.04 Å². The number of pyridine rings is 1. The van der Waals surface area contributed by atoms with Gasteiger partial charge < -0.3 is 10.1 Å². The maximum Gasteiger partial charge on any atom is 0.216 e. The monoisotopic (exact) mass is 298 g/mol. The van der Waals surface area contributed by atoms with E-state index >= 15 is 0 Å². The fourth-order valence-electron chi connectivity index (χ4n) is 2.36. The molecule has 0 radical (unpaired) electrons. The summed E-state index contributed by atoms with van der Waals surface area (Å²) in [5.74, 6) is 0.764. The van der Waals surface area contributed by atoms with Gasteiger partial charge in [-0.25, -0.2) is 4.98 Å². The highest BCUT2D eigenvalue weighted by atomic mass is 79.9. The van der Waals surface area contributed by atoms with Crippen molar-refractivity contribution >= 4 is 15.9 Å². The number of nitrogens with one attached hydrogen (secondary N) is 1. The zero-order chi connectivity index (χ0) is 12.3. The van der Waals surface area contributed by atoms with Crippen molar-refractivity contribution < 1.29 is 4.74 Å². The Morgan fingerprint density at radius 3 is 2.88 bits per heavy atom. The van der Waals surface area contributed by atoms with E-state index in [9.17, 15) is 0 Å². The molecule has 1 aliphatic rings. The molecule has 1 fully saturated rings. The van der Waals surface area contributed by atoms with Crippen LogP contribution in [0.15, 0.2) is 16.7 Å². The molecule has 0 aromatic carbocycles. The third kappa shape index (κ3) is 3.19. The summed E-state index contributed by atoms with van der Waals surface area (Å²) in [6.45, 7) is 2.03. The van der Waals surface area contributed by atoms with Gasteiger partial charge in [0.05, 0.1) is 0 Å². The topological polar surface area (TPSA) is 34.1 Å². The Morgan fingerprint density at radius 2 is 2.18 bits per heavy atom. The number of hydrogen-bond donors (Lipinski definition) is 1. The maximum absolute atomic E-state index is 6.05. The molecular weight excluding hydrogens is 280 g/mol.